The summed E-state index contributed by atoms with van der Waals surface area (Å²) in [4.78, 5) is 11.0. The van der Waals surface area contributed by atoms with Crippen LogP contribution in [0.3, 0.4) is 0 Å². The predicted octanol–water partition coefficient (Wildman–Crippen LogP) is 1.65. The Morgan fingerprint density at radius 2 is 2.00 bits per heavy atom. The molecule has 2 N–H and O–H groups in total. The van der Waals surface area contributed by atoms with Gasteiger partial charge in [-0.15, -0.1) is 0 Å². The van der Waals surface area contributed by atoms with Crippen LogP contribution in [0.4, 0.5) is 0 Å². The summed E-state index contributed by atoms with van der Waals surface area (Å²) in [6.45, 7) is 3.97. The summed E-state index contributed by atoms with van der Waals surface area (Å²) in [5.74, 6) is 0.274. The van der Waals surface area contributed by atoms with Crippen molar-refractivity contribution in [3.63, 3.8) is 0 Å². The van der Waals surface area contributed by atoms with Gasteiger partial charge < -0.3 is 15.2 Å². The topological polar surface area (TPSA) is 61.5 Å². The molecule has 0 aliphatic rings. The van der Waals surface area contributed by atoms with Crippen molar-refractivity contribution in [2.75, 3.05) is 13.2 Å². The quantitative estimate of drug-likeness (QED) is 0.771. The molecule has 0 aliphatic carbocycles. The molecule has 1 rings (SSSR count). The number of hydrogen-bond donors (Lipinski definition) is 1. The summed E-state index contributed by atoms with van der Waals surface area (Å²) in [6, 6.07) is 7.34. The van der Waals surface area contributed by atoms with Crippen molar-refractivity contribution in [1.29, 1.82) is 0 Å². The fraction of sp³-hybridized carbons (Fsp3) is 0.417. The van der Waals surface area contributed by atoms with E-state index in [2.05, 4.69) is 0 Å². The Hall–Kier alpha value is -1.55. The van der Waals surface area contributed by atoms with Crippen molar-refractivity contribution in [2.45, 2.75) is 19.9 Å². The van der Waals surface area contributed by atoms with Gasteiger partial charge >= 0.3 is 5.97 Å². The summed E-state index contributed by atoms with van der Waals surface area (Å²) in [5, 5.41) is 0. The second kappa shape index (κ2) is 6.12. The number of esters is 1. The monoisotopic (exact) mass is 223 g/mol. The summed E-state index contributed by atoms with van der Waals surface area (Å²) in [5.41, 5.74) is 6.74. The van der Waals surface area contributed by atoms with Crippen LogP contribution >= 0.6 is 0 Å². The predicted molar refractivity (Wildman–Crippen MR) is 61.2 cm³/mol. The maximum atomic E-state index is 11.0. The summed E-state index contributed by atoms with van der Waals surface area (Å²) in [6.07, 6.45) is 0. The average molecular weight is 223 g/mol. The molecule has 88 valence electrons. The van der Waals surface area contributed by atoms with Crippen LogP contribution in [0.2, 0.25) is 0 Å². The van der Waals surface area contributed by atoms with Crippen molar-refractivity contribution >= 4 is 5.97 Å². The number of nitrogens with two attached hydrogens (primary N) is 1. The van der Waals surface area contributed by atoms with Crippen LogP contribution in [-0.4, -0.2) is 19.2 Å². The molecule has 1 unspecified atom stereocenters. The summed E-state index contributed by atoms with van der Waals surface area (Å²) in [7, 11) is 0. The van der Waals surface area contributed by atoms with Crippen LogP contribution in [-0.2, 0) is 9.53 Å². The van der Waals surface area contributed by atoms with Crippen LogP contribution in [0.25, 0.3) is 0 Å². The zero-order chi connectivity index (χ0) is 12.0. The van der Waals surface area contributed by atoms with Crippen LogP contribution in [0, 0.1) is 0 Å². The van der Waals surface area contributed by atoms with Gasteiger partial charge in [-0.25, -0.2) is 4.79 Å². The number of ether oxygens (including phenoxy) is 2. The van der Waals surface area contributed by atoms with Gasteiger partial charge in [0.15, 0.2) is 6.61 Å². The Bertz CT molecular complexity index is 333. The third kappa shape index (κ3) is 3.90. The number of hydrogen-bond acceptors (Lipinski definition) is 4. The highest BCUT2D eigenvalue weighted by Gasteiger charge is 2.03. The van der Waals surface area contributed by atoms with Gasteiger partial charge in [0, 0.05) is 6.04 Å². The van der Waals surface area contributed by atoms with E-state index in [-0.39, 0.29) is 18.6 Å². The third-order valence-corrected chi connectivity index (χ3v) is 2.07. The van der Waals surface area contributed by atoms with E-state index in [1.807, 2.05) is 19.1 Å². The van der Waals surface area contributed by atoms with Crippen LogP contribution in [0.1, 0.15) is 25.5 Å². The molecule has 0 aliphatic heterocycles. The molecule has 1 atom stereocenters. The van der Waals surface area contributed by atoms with E-state index < -0.39 is 0 Å². The molecule has 0 saturated heterocycles. The maximum Gasteiger partial charge on any atom is 0.344 e. The van der Waals surface area contributed by atoms with Gasteiger partial charge in [-0.2, -0.15) is 0 Å². The SMILES string of the molecule is CCOC(=O)COc1ccc(C(C)N)cc1. The van der Waals surface area contributed by atoms with E-state index in [9.17, 15) is 4.79 Å². The lowest BCUT2D eigenvalue weighted by molar-refractivity contribution is -0.145. The first kappa shape index (κ1) is 12.5. The van der Waals surface area contributed by atoms with E-state index in [4.69, 9.17) is 15.2 Å². The zero-order valence-electron chi connectivity index (χ0n) is 9.60. The largest absolute Gasteiger partial charge is 0.482 e. The smallest absolute Gasteiger partial charge is 0.344 e. The molecule has 0 fully saturated rings. The molecule has 1 aromatic carbocycles. The zero-order valence-corrected chi connectivity index (χ0v) is 9.60. The molecule has 0 bridgehead atoms. The Morgan fingerprint density at radius 1 is 1.38 bits per heavy atom. The molecule has 16 heavy (non-hydrogen) atoms. The van der Waals surface area contributed by atoms with Gasteiger partial charge in [0.1, 0.15) is 5.75 Å². The van der Waals surface area contributed by atoms with Crippen molar-refractivity contribution in [3.05, 3.63) is 29.8 Å². The van der Waals surface area contributed by atoms with E-state index in [1.165, 1.54) is 0 Å². The van der Waals surface area contributed by atoms with Gasteiger partial charge in [0.2, 0.25) is 0 Å². The lowest BCUT2D eigenvalue weighted by Gasteiger charge is -2.08. The second-order valence-corrected chi connectivity index (χ2v) is 3.45. The molecule has 0 amide bonds. The molecule has 0 heterocycles. The highest BCUT2D eigenvalue weighted by molar-refractivity contribution is 5.71. The minimum Gasteiger partial charge on any atom is -0.482 e. The van der Waals surface area contributed by atoms with E-state index in [1.54, 1.807) is 19.1 Å². The van der Waals surface area contributed by atoms with Gasteiger partial charge in [-0.1, -0.05) is 12.1 Å². The van der Waals surface area contributed by atoms with Crippen LogP contribution in [0.5, 0.6) is 5.75 Å². The first-order valence-electron chi connectivity index (χ1n) is 5.27. The van der Waals surface area contributed by atoms with E-state index >= 15 is 0 Å². The van der Waals surface area contributed by atoms with Crippen LogP contribution in [0.15, 0.2) is 24.3 Å². The summed E-state index contributed by atoms with van der Waals surface area (Å²) >= 11 is 0. The Labute approximate surface area is 95.3 Å². The highest BCUT2D eigenvalue weighted by Crippen LogP contribution is 2.15. The van der Waals surface area contributed by atoms with Crippen molar-refractivity contribution in [1.82, 2.24) is 0 Å². The van der Waals surface area contributed by atoms with Gasteiger partial charge in [-0.05, 0) is 31.5 Å². The molecule has 0 saturated carbocycles. The number of carbonyl (C=O) groups is 1. The number of benzene rings is 1. The Balaban J connectivity index is 2.46. The lowest BCUT2D eigenvalue weighted by atomic mass is 10.1. The Kier molecular flexibility index (Phi) is 4.79. The van der Waals surface area contributed by atoms with E-state index in [0.717, 1.165) is 5.56 Å². The third-order valence-electron chi connectivity index (χ3n) is 2.07. The first-order valence-corrected chi connectivity index (χ1v) is 5.27. The summed E-state index contributed by atoms with van der Waals surface area (Å²) < 4.78 is 9.98. The molecule has 4 nitrogen and oxygen atoms in total. The van der Waals surface area contributed by atoms with Crippen molar-refractivity contribution in [2.24, 2.45) is 5.73 Å². The standard InChI is InChI=1S/C12H17NO3/c1-3-15-12(14)8-16-11-6-4-10(5-7-11)9(2)13/h4-7,9H,3,8,13H2,1-2H3. The van der Waals surface area contributed by atoms with Crippen molar-refractivity contribution in [3.8, 4) is 5.75 Å². The molecule has 0 spiro atoms. The van der Waals surface area contributed by atoms with Crippen LogP contribution < -0.4 is 10.5 Å². The van der Waals surface area contributed by atoms with Gasteiger partial charge in [0.05, 0.1) is 6.61 Å². The van der Waals surface area contributed by atoms with Crippen molar-refractivity contribution < 1.29 is 14.3 Å². The molecule has 0 radical (unpaired) electrons. The minimum absolute atomic E-state index is 0.000827. The fourth-order valence-electron chi connectivity index (χ4n) is 1.21. The number of rotatable bonds is 5. The first-order chi connectivity index (χ1) is 7.63. The lowest BCUT2D eigenvalue weighted by Crippen LogP contribution is -2.14. The second-order valence-electron chi connectivity index (χ2n) is 3.45. The fourth-order valence-corrected chi connectivity index (χ4v) is 1.21. The molecule has 1 aromatic rings. The van der Waals surface area contributed by atoms with Gasteiger partial charge in [0.25, 0.3) is 0 Å². The Morgan fingerprint density at radius 3 is 2.50 bits per heavy atom. The number of carbonyl (C=O) groups excluding carboxylic acids is 1. The normalized spacial score (nSPS) is 11.9. The average Bonchev–Trinajstić information content (AvgIpc) is 2.27. The molecule has 4 heteroatoms. The van der Waals surface area contributed by atoms with E-state index in [0.29, 0.717) is 12.4 Å². The van der Waals surface area contributed by atoms with Gasteiger partial charge in [-0.3, -0.25) is 0 Å². The molecular weight excluding hydrogens is 206 g/mol. The minimum atomic E-state index is -0.362. The molecular formula is C12H17NO3. The molecule has 0 aromatic heterocycles. The highest BCUT2D eigenvalue weighted by atomic mass is 16.6. The maximum absolute atomic E-state index is 11.0.